The van der Waals surface area contributed by atoms with Gasteiger partial charge in [-0.2, -0.15) is 0 Å². The summed E-state index contributed by atoms with van der Waals surface area (Å²) in [5.74, 6) is -0.0508. The lowest BCUT2D eigenvalue weighted by Gasteiger charge is -2.35. The minimum atomic E-state index is -0.0508. The zero-order valence-corrected chi connectivity index (χ0v) is 17.0. The lowest BCUT2D eigenvalue weighted by atomic mass is 9.92. The first-order valence-corrected chi connectivity index (χ1v) is 9.69. The molecule has 6 heteroatoms. The summed E-state index contributed by atoms with van der Waals surface area (Å²) in [5, 5.41) is 3.76. The highest BCUT2D eigenvalue weighted by molar-refractivity contribution is 6.39. The first-order valence-electron chi connectivity index (χ1n) is 8.93. The van der Waals surface area contributed by atoms with Crippen LogP contribution in [0, 0.1) is 5.41 Å². The SMILES string of the molecule is CC(C)(C)CCN1CCN(CCC(=O)Nc2c(Cl)cccc2Cl)CC1. The van der Waals surface area contributed by atoms with E-state index in [9.17, 15) is 4.79 Å². The Morgan fingerprint density at radius 2 is 1.56 bits per heavy atom. The van der Waals surface area contributed by atoms with E-state index in [1.165, 1.54) is 6.42 Å². The van der Waals surface area contributed by atoms with Crippen molar-refractivity contribution < 1.29 is 4.79 Å². The summed E-state index contributed by atoms with van der Waals surface area (Å²) in [6.45, 7) is 13.0. The summed E-state index contributed by atoms with van der Waals surface area (Å²) >= 11 is 12.2. The van der Waals surface area contributed by atoms with Crippen LogP contribution < -0.4 is 5.32 Å². The molecule has 1 heterocycles. The highest BCUT2D eigenvalue weighted by Gasteiger charge is 2.19. The maximum absolute atomic E-state index is 12.2. The summed E-state index contributed by atoms with van der Waals surface area (Å²) in [7, 11) is 0. The van der Waals surface area contributed by atoms with Crippen molar-refractivity contribution in [1.29, 1.82) is 0 Å². The first kappa shape index (κ1) is 20.5. The Kier molecular flexibility index (Phi) is 7.56. The number of rotatable bonds is 6. The predicted molar refractivity (Wildman–Crippen MR) is 107 cm³/mol. The highest BCUT2D eigenvalue weighted by Crippen LogP contribution is 2.29. The molecule has 0 saturated carbocycles. The fraction of sp³-hybridized carbons (Fsp3) is 0.632. The molecule has 4 nitrogen and oxygen atoms in total. The summed E-state index contributed by atoms with van der Waals surface area (Å²) in [5.41, 5.74) is 0.887. The lowest BCUT2D eigenvalue weighted by molar-refractivity contribution is -0.116. The van der Waals surface area contributed by atoms with Crippen LogP contribution in [-0.4, -0.2) is 55.0 Å². The predicted octanol–water partition coefficient (Wildman–Crippen LogP) is 4.38. The molecule has 1 aliphatic rings. The zero-order chi connectivity index (χ0) is 18.4. The average molecular weight is 386 g/mol. The van der Waals surface area contributed by atoms with E-state index in [1.54, 1.807) is 18.2 Å². The van der Waals surface area contributed by atoms with E-state index in [-0.39, 0.29) is 5.91 Å². The van der Waals surface area contributed by atoms with Crippen molar-refractivity contribution >= 4 is 34.8 Å². The smallest absolute Gasteiger partial charge is 0.225 e. The number of carbonyl (C=O) groups excluding carboxylic acids is 1. The third-order valence-corrected chi connectivity index (χ3v) is 5.16. The van der Waals surface area contributed by atoms with Crippen molar-refractivity contribution in [2.24, 2.45) is 5.41 Å². The first-order chi connectivity index (χ1) is 11.7. The molecule has 0 atom stereocenters. The van der Waals surface area contributed by atoms with Gasteiger partial charge in [-0.1, -0.05) is 50.0 Å². The van der Waals surface area contributed by atoms with Crippen molar-refractivity contribution in [3.63, 3.8) is 0 Å². The van der Waals surface area contributed by atoms with Gasteiger partial charge in [0.25, 0.3) is 0 Å². The van der Waals surface area contributed by atoms with E-state index >= 15 is 0 Å². The van der Waals surface area contributed by atoms with Gasteiger partial charge in [-0.15, -0.1) is 0 Å². The summed E-state index contributed by atoms with van der Waals surface area (Å²) in [6.07, 6.45) is 1.66. The molecule has 0 aliphatic carbocycles. The molecular formula is C19H29Cl2N3O. The van der Waals surface area contributed by atoms with Crippen LogP contribution in [0.5, 0.6) is 0 Å². The van der Waals surface area contributed by atoms with Gasteiger partial charge in [0.1, 0.15) is 0 Å². The van der Waals surface area contributed by atoms with E-state index in [0.717, 1.165) is 39.3 Å². The van der Waals surface area contributed by atoms with Crippen LogP contribution in [0.1, 0.15) is 33.6 Å². The molecule has 0 bridgehead atoms. The van der Waals surface area contributed by atoms with Gasteiger partial charge in [0.05, 0.1) is 15.7 Å². The van der Waals surface area contributed by atoms with Crippen molar-refractivity contribution in [3.8, 4) is 0 Å². The number of anilines is 1. The molecule has 1 N–H and O–H groups in total. The Morgan fingerprint density at radius 1 is 1.04 bits per heavy atom. The molecule has 1 aliphatic heterocycles. The van der Waals surface area contributed by atoms with Gasteiger partial charge in [-0.25, -0.2) is 0 Å². The molecule has 2 rings (SSSR count). The van der Waals surface area contributed by atoms with Gasteiger partial charge in [-0.3, -0.25) is 4.79 Å². The summed E-state index contributed by atoms with van der Waals surface area (Å²) in [6, 6.07) is 5.21. The van der Waals surface area contributed by atoms with E-state index in [4.69, 9.17) is 23.2 Å². The number of hydrogen-bond donors (Lipinski definition) is 1. The number of para-hydroxylation sites is 1. The number of piperazine rings is 1. The van der Waals surface area contributed by atoms with Gasteiger partial charge in [0, 0.05) is 39.1 Å². The van der Waals surface area contributed by atoms with Gasteiger partial charge < -0.3 is 15.1 Å². The van der Waals surface area contributed by atoms with Crippen LogP contribution in [-0.2, 0) is 4.79 Å². The molecule has 0 unspecified atom stereocenters. The molecule has 1 fully saturated rings. The van der Waals surface area contributed by atoms with Gasteiger partial charge >= 0.3 is 0 Å². The van der Waals surface area contributed by atoms with E-state index in [1.807, 2.05) is 0 Å². The van der Waals surface area contributed by atoms with E-state index in [2.05, 4.69) is 35.9 Å². The third-order valence-electron chi connectivity index (χ3n) is 4.53. The summed E-state index contributed by atoms with van der Waals surface area (Å²) in [4.78, 5) is 17.0. The number of halogens is 2. The van der Waals surface area contributed by atoms with Crippen LogP contribution >= 0.6 is 23.2 Å². The largest absolute Gasteiger partial charge is 0.324 e. The van der Waals surface area contributed by atoms with E-state index in [0.29, 0.717) is 27.6 Å². The van der Waals surface area contributed by atoms with Crippen LogP contribution in [0.25, 0.3) is 0 Å². The molecule has 1 amide bonds. The highest BCUT2D eigenvalue weighted by atomic mass is 35.5. The molecule has 25 heavy (non-hydrogen) atoms. The minimum Gasteiger partial charge on any atom is -0.324 e. The fourth-order valence-electron chi connectivity index (χ4n) is 2.81. The molecule has 140 valence electrons. The standard InChI is InChI=1S/C19H29Cl2N3O/c1-19(2,3)8-10-24-13-11-23(12-14-24)9-7-17(25)22-18-15(20)5-4-6-16(18)21/h4-6H,7-14H2,1-3H3,(H,22,25). The minimum absolute atomic E-state index is 0.0508. The molecule has 1 aromatic carbocycles. The monoisotopic (exact) mass is 385 g/mol. The van der Waals surface area contributed by atoms with Crippen molar-refractivity contribution in [2.75, 3.05) is 44.6 Å². The number of hydrogen-bond acceptors (Lipinski definition) is 3. The van der Waals surface area contributed by atoms with Crippen LogP contribution in [0.15, 0.2) is 18.2 Å². The molecule has 0 radical (unpaired) electrons. The van der Waals surface area contributed by atoms with E-state index < -0.39 is 0 Å². The second-order valence-corrected chi connectivity index (χ2v) is 8.70. The van der Waals surface area contributed by atoms with Crippen molar-refractivity contribution in [3.05, 3.63) is 28.2 Å². The quantitative estimate of drug-likeness (QED) is 0.788. The molecule has 0 spiro atoms. The topological polar surface area (TPSA) is 35.6 Å². The molecule has 0 aromatic heterocycles. The Morgan fingerprint density at radius 3 is 2.08 bits per heavy atom. The van der Waals surface area contributed by atoms with Crippen LogP contribution in [0.4, 0.5) is 5.69 Å². The number of benzene rings is 1. The molecule has 1 aromatic rings. The fourth-order valence-corrected chi connectivity index (χ4v) is 3.30. The molecular weight excluding hydrogens is 357 g/mol. The van der Waals surface area contributed by atoms with Gasteiger partial charge in [0.2, 0.25) is 5.91 Å². The van der Waals surface area contributed by atoms with Gasteiger partial charge in [0.15, 0.2) is 0 Å². The Labute approximate surface area is 161 Å². The maximum Gasteiger partial charge on any atom is 0.225 e. The van der Waals surface area contributed by atoms with Crippen LogP contribution in [0.3, 0.4) is 0 Å². The number of amides is 1. The summed E-state index contributed by atoms with van der Waals surface area (Å²) < 4.78 is 0. The third kappa shape index (κ3) is 7.14. The zero-order valence-electron chi connectivity index (χ0n) is 15.4. The normalized spacial score (nSPS) is 16.8. The number of carbonyl (C=O) groups is 1. The van der Waals surface area contributed by atoms with Crippen molar-refractivity contribution in [1.82, 2.24) is 9.80 Å². The van der Waals surface area contributed by atoms with Gasteiger partial charge in [-0.05, 0) is 30.5 Å². The molecule has 1 saturated heterocycles. The Balaban J connectivity index is 1.70. The number of nitrogens with zero attached hydrogens (tertiary/aromatic N) is 2. The van der Waals surface area contributed by atoms with Crippen molar-refractivity contribution in [2.45, 2.75) is 33.6 Å². The Bertz CT molecular complexity index is 558. The lowest BCUT2D eigenvalue weighted by Crippen LogP contribution is -2.47. The maximum atomic E-state index is 12.2. The average Bonchev–Trinajstić information content (AvgIpc) is 2.55. The second kappa shape index (κ2) is 9.22. The number of nitrogens with one attached hydrogen (secondary N) is 1. The van der Waals surface area contributed by atoms with Crippen LogP contribution in [0.2, 0.25) is 10.0 Å². The second-order valence-electron chi connectivity index (χ2n) is 7.89. The Hall–Kier alpha value is -0.810.